The number of ether oxygens (including phenoxy) is 3. The van der Waals surface area contributed by atoms with Crippen LogP contribution in [-0.2, 0) is 16.1 Å². The average molecular weight is 520 g/mol. The minimum atomic E-state index is -0.835. The predicted molar refractivity (Wildman–Crippen MR) is 145 cm³/mol. The quantitative estimate of drug-likeness (QED) is 0.195. The fourth-order valence-corrected chi connectivity index (χ4v) is 4.89. The molecule has 1 unspecified atom stereocenters. The topological polar surface area (TPSA) is 85.3 Å². The molecule has 2 heterocycles. The van der Waals surface area contributed by atoms with E-state index in [0.717, 1.165) is 5.56 Å². The lowest BCUT2D eigenvalue weighted by molar-refractivity contribution is -0.140. The van der Waals surface area contributed by atoms with Gasteiger partial charge in [-0.3, -0.25) is 9.59 Å². The van der Waals surface area contributed by atoms with E-state index < -0.39 is 17.7 Å². The van der Waals surface area contributed by atoms with Crippen LogP contribution in [0.1, 0.15) is 22.7 Å². The molecule has 4 aromatic carbocycles. The van der Waals surface area contributed by atoms with Crippen LogP contribution in [0.5, 0.6) is 23.0 Å². The molecule has 6 rings (SSSR count). The molecular weight excluding hydrogens is 494 g/mol. The van der Waals surface area contributed by atoms with E-state index in [4.69, 9.17) is 14.2 Å². The Balaban J connectivity index is 1.45. The summed E-state index contributed by atoms with van der Waals surface area (Å²) in [5.41, 5.74) is 1.86. The number of carbonyl (C=O) groups is 2. The number of hydrogen-bond donors (Lipinski definition) is 1. The minimum Gasteiger partial charge on any atom is -0.507 e. The standard InChI is InChI=1S/C32H25NO6/c34-30(23-14-15-26-27(19-23)38-17-16-37-26)28-29(33(32(36)31(28)35)20-21-8-3-1-4-9-21)22-10-7-13-25(18-22)39-24-11-5-2-6-12-24/h1-15,18-19,29,34H,16-17,20H2/b30-28-. The number of aliphatic hydroxyl groups excluding tert-OH is 1. The molecule has 194 valence electrons. The average Bonchev–Trinajstić information content (AvgIpc) is 3.22. The Hall–Kier alpha value is -5.04. The summed E-state index contributed by atoms with van der Waals surface area (Å²) >= 11 is 0. The van der Waals surface area contributed by atoms with Gasteiger partial charge in [-0.15, -0.1) is 0 Å². The molecule has 0 radical (unpaired) electrons. The number of amides is 1. The molecule has 0 bridgehead atoms. The zero-order valence-electron chi connectivity index (χ0n) is 20.9. The second-order valence-corrected chi connectivity index (χ2v) is 9.26. The van der Waals surface area contributed by atoms with Gasteiger partial charge in [0.2, 0.25) is 0 Å². The Morgan fingerprint density at radius 1 is 0.795 bits per heavy atom. The zero-order valence-corrected chi connectivity index (χ0v) is 20.9. The van der Waals surface area contributed by atoms with Crippen LogP contribution in [0, 0.1) is 0 Å². The summed E-state index contributed by atoms with van der Waals surface area (Å²) in [6.45, 7) is 1.01. The molecule has 39 heavy (non-hydrogen) atoms. The van der Waals surface area contributed by atoms with Crippen LogP contribution in [0.15, 0.2) is 109 Å². The minimum absolute atomic E-state index is 0.00414. The predicted octanol–water partition coefficient (Wildman–Crippen LogP) is 5.87. The molecule has 7 nitrogen and oxygen atoms in total. The fourth-order valence-electron chi connectivity index (χ4n) is 4.89. The van der Waals surface area contributed by atoms with Crippen molar-refractivity contribution < 1.29 is 28.9 Å². The molecule has 0 aliphatic carbocycles. The Kier molecular flexibility index (Phi) is 6.47. The second-order valence-electron chi connectivity index (χ2n) is 9.26. The molecule has 0 spiro atoms. The lowest BCUT2D eigenvalue weighted by Gasteiger charge is -2.26. The van der Waals surface area contributed by atoms with Gasteiger partial charge in [-0.1, -0.05) is 60.7 Å². The second kappa shape index (κ2) is 10.4. The van der Waals surface area contributed by atoms with Crippen LogP contribution in [0.25, 0.3) is 5.76 Å². The van der Waals surface area contributed by atoms with Crippen molar-refractivity contribution in [3.8, 4) is 23.0 Å². The van der Waals surface area contributed by atoms with E-state index >= 15 is 0 Å². The van der Waals surface area contributed by atoms with Crippen LogP contribution < -0.4 is 14.2 Å². The molecule has 1 N–H and O–H groups in total. The summed E-state index contributed by atoms with van der Waals surface area (Å²) < 4.78 is 17.3. The molecule has 2 aliphatic rings. The van der Waals surface area contributed by atoms with E-state index in [1.54, 1.807) is 36.4 Å². The third-order valence-corrected chi connectivity index (χ3v) is 6.70. The first-order valence-corrected chi connectivity index (χ1v) is 12.6. The van der Waals surface area contributed by atoms with Crippen LogP contribution in [0.3, 0.4) is 0 Å². The van der Waals surface area contributed by atoms with Crippen molar-refractivity contribution >= 4 is 17.4 Å². The molecule has 0 saturated carbocycles. The van der Waals surface area contributed by atoms with Gasteiger partial charge in [-0.2, -0.15) is 0 Å². The molecule has 0 aromatic heterocycles. The van der Waals surface area contributed by atoms with E-state index in [1.165, 1.54) is 4.90 Å². The first-order valence-electron chi connectivity index (χ1n) is 12.6. The summed E-state index contributed by atoms with van der Waals surface area (Å²) in [7, 11) is 0. The van der Waals surface area contributed by atoms with Gasteiger partial charge in [-0.05, 0) is 53.6 Å². The van der Waals surface area contributed by atoms with Gasteiger partial charge in [0.25, 0.3) is 11.7 Å². The number of aliphatic hydroxyl groups is 1. The van der Waals surface area contributed by atoms with E-state index in [2.05, 4.69) is 0 Å². The highest BCUT2D eigenvalue weighted by atomic mass is 16.6. The highest BCUT2D eigenvalue weighted by molar-refractivity contribution is 6.46. The Morgan fingerprint density at radius 3 is 2.26 bits per heavy atom. The maximum atomic E-state index is 13.5. The third kappa shape index (κ3) is 4.82. The van der Waals surface area contributed by atoms with Crippen molar-refractivity contribution in [2.75, 3.05) is 13.2 Å². The van der Waals surface area contributed by atoms with Crippen molar-refractivity contribution in [3.63, 3.8) is 0 Å². The van der Waals surface area contributed by atoms with Crippen LogP contribution in [0.2, 0.25) is 0 Å². The van der Waals surface area contributed by atoms with E-state index in [1.807, 2.05) is 66.7 Å². The monoisotopic (exact) mass is 519 g/mol. The molecular formula is C32H25NO6. The number of hydrogen-bond acceptors (Lipinski definition) is 6. The highest BCUT2D eigenvalue weighted by Crippen LogP contribution is 2.42. The molecule has 2 aliphatic heterocycles. The molecule has 1 saturated heterocycles. The van der Waals surface area contributed by atoms with Crippen LogP contribution >= 0.6 is 0 Å². The summed E-state index contributed by atoms with van der Waals surface area (Å²) in [6.07, 6.45) is 0. The summed E-state index contributed by atoms with van der Waals surface area (Å²) in [4.78, 5) is 28.4. The van der Waals surface area contributed by atoms with Gasteiger partial charge in [0.05, 0.1) is 11.6 Å². The maximum Gasteiger partial charge on any atom is 0.295 e. The number of Topliss-reactive ketones (excluding diaryl/α,β-unsaturated/α-hetero) is 1. The molecule has 1 fully saturated rings. The fraction of sp³-hybridized carbons (Fsp3) is 0.125. The largest absolute Gasteiger partial charge is 0.507 e. The first-order chi connectivity index (χ1) is 19.1. The number of nitrogens with zero attached hydrogens (tertiary/aromatic N) is 1. The highest BCUT2D eigenvalue weighted by Gasteiger charge is 2.46. The normalized spacial score (nSPS) is 17.7. The number of carbonyl (C=O) groups excluding carboxylic acids is 2. The maximum absolute atomic E-state index is 13.5. The lowest BCUT2D eigenvalue weighted by atomic mass is 9.94. The van der Waals surface area contributed by atoms with E-state index in [0.29, 0.717) is 47.3 Å². The number of fused-ring (bicyclic) bond motifs is 1. The first kappa shape index (κ1) is 24.3. The van der Waals surface area contributed by atoms with Crippen molar-refractivity contribution in [3.05, 3.63) is 125 Å². The van der Waals surface area contributed by atoms with Gasteiger partial charge in [-0.25, -0.2) is 0 Å². The molecule has 1 atom stereocenters. The van der Waals surface area contributed by atoms with Crippen LogP contribution in [-0.4, -0.2) is 34.9 Å². The number of para-hydroxylation sites is 1. The van der Waals surface area contributed by atoms with Gasteiger partial charge in [0.15, 0.2) is 11.5 Å². The van der Waals surface area contributed by atoms with Crippen molar-refractivity contribution in [2.45, 2.75) is 12.6 Å². The number of rotatable bonds is 6. The number of benzene rings is 4. The van der Waals surface area contributed by atoms with Gasteiger partial charge in [0, 0.05) is 12.1 Å². The zero-order chi connectivity index (χ0) is 26.8. The van der Waals surface area contributed by atoms with Gasteiger partial charge >= 0.3 is 0 Å². The Labute approximate surface area is 225 Å². The Bertz CT molecular complexity index is 1560. The third-order valence-electron chi connectivity index (χ3n) is 6.70. The Morgan fingerprint density at radius 2 is 1.49 bits per heavy atom. The summed E-state index contributed by atoms with van der Waals surface area (Å²) in [5, 5.41) is 11.5. The van der Waals surface area contributed by atoms with E-state index in [9.17, 15) is 14.7 Å². The van der Waals surface area contributed by atoms with Gasteiger partial charge in [0.1, 0.15) is 30.5 Å². The van der Waals surface area contributed by atoms with E-state index in [-0.39, 0.29) is 17.9 Å². The van der Waals surface area contributed by atoms with Crippen molar-refractivity contribution in [1.82, 2.24) is 4.90 Å². The lowest BCUT2D eigenvalue weighted by Crippen LogP contribution is -2.29. The molecule has 1 amide bonds. The van der Waals surface area contributed by atoms with Crippen molar-refractivity contribution in [2.24, 2.45) is 0 Å². The molecule has 4 aromatic rings. The summed E-state index contributed by atoms with van der Waals surface area (Å²) in [6, 6.07) is 30.1. The smallest absolute Gasteiger partial charge is 0.295 e. The van der Waals surface area contributed by atoms with Crippen molar-refractivity contribution in [1.29, 1.82) is 0 Å². The number of ketones is 1. The molecule has 7 heteroatoms. The summed E-state index contributed by atoms with van der Waals surface area (Å²) in [5.74, 6) is 0.520. The number of likely N-dealkylation sites (tertiary alicyclic amines) is 1. The van der Waals surface area contributed by atoms with Crippen LogP contribution in [0.4, 0.5) is 0 Å². The SMILES string of the molecule is O=C1C(=O)N(Cc2ccccc2)C(c2cccc(Oc3ccccc3)c2)/C1=C(/O)c1ccc2c(c1)OCCO2. The van der Waals surface area contributed by atoms with Gasteiger partial charge < -0.3 is 24.2 Å².